The molecule has 0 spiro atoms. The molecule has 1 aliphatic rings. The Morgan fingerprint density at radius 1 is 1.59 bits per heavy atom. The van der Waals surface area contributed by atoms with Crippen molar-refractivity contribution in [2.24, 2.45) is 0 Å². The van der Waals surface area contributed by atoms with Gasteiger partial charge in [0, 0.05) is 6.08 Å². The standard InChI is InChI=1S/C9H9IO7/c10-2-1-5(12)16-3-4(11)8-6(13)7(14)9(15)17-8/h1-2,4,8,11,13-14H,3H2/b2-1+. The van der Waals surface area contributed by atoms with Crippen LogP contribution in [0.15, 0.2) is 21.7 Å². The van der Waals surface area contributed by atoms with Crippen LogP contribution in [0.25, 0.3) is 0 Å². The number of rotatable bonds is 4. The molecular formula is C9H9IO7. The van der Waals surface area contributed by atoms with Crippen molar-refractivity contribution >= 4 is 34.5 Å². The van der Waals surface area contributed by atoms with E-state index in [4.69, 9.17) is 5.11 Å². The zero-order valence-corrected chi connectivity index (χ0v) is 10.5. The highest BCUT2D eigenvalue weighted by Gasteiger charge is 2.39. The van der Waals surface area contributed by atoms with Gasteiger partial charge in [-0.2, -0.15) is 0 Å². The van der Waals surface area contributed by atoms with Crippen molar-refractivity contribution in [3.63, 3.8) is 0 Å². The molecule has 1 heterocycles. The van der Waals surface area contributed by atoms with Crippen LogP contribution >= 0.6 is 22.6 Å². The van der Waals surface area contributed by atoms with E-state index in [-0.39, 0.29) is 0 Å². The van der Waals surface area contributed by atoms with Gasteiger partial charge in [0.15, 0.2) is 11.9 Å². The monoisotopic (exact) mass is 356 g/mol. The summed E-state index contributed by atoms with van der Waals surface area (Å²) in [5, 5.41) is 27.7. The van der Waals surface area contributed by atoms with Crippen LogP contribution in [-0.4, -0.2) is 46.1 Å². The molecule has 8 heteroatoms. The molecule has 1 rings (SSSR count). The van der Waals surface area contributed by atoms with Crippen molar-refractivity contribution in [1.82, 2.24) is 0 Å². The fourth-order valence-electron chi connectivity index (χ4n) is 1.08. The van der Waals surface area contributed by atoms with Gasteiger partial charge in [-0.3, -0.25) is 0 Å². The second kappa shape index (κ2) is 5.87. The Morgan fingerprint density at radius 3 is 2.71 bits per heavy atom. The van der Waals surface area contributed by atoms with Crippen LogP contribution in [0, 0.1) is 0 Å². The third-order valence-corrected chi connectivity index (χ3v) is 2.24. The summed E-state index contributed by atoms with van der Waals surface area (Å²) in [5.74, 6) is -3.55. The molecule has 0 fully saturated rings. The average molecular weight is 356 g/mol. The zero-order valence-electron chi connectivity index (χ0n) is 8.37. The lowest BCUT2D eigenvalue weighted by Gasteiger charge is -2.16. The van der Waals surface area contributed by atoms with Gasteiger partial charge in [0.05, 0.1) is 0 Å². The molecule has 17 heavy (non-hydrogen) atoms. The SMILES string of the molecule is O=C(/C=C/I)OCC(O)C1OC(=O)C(O)=C1O. The van der Waals surface area contributed by atoms with Crippen LogP contribution in [0.4, 0.5) is 0 Å². The first-order valence-electron chi connectivity index (χ1n) is 4.42. The third-order valence-electron chi connectivity index (χ3n) is 1.88. The van der Waals surface area contributed by atoms with E-state index in [1.807, 2.05) is 22.6 Å². The van der Waals surface area contributed by atoms with Crippen LogP contribution in [0.1, 0.15) is 0 Å². The Morgan fingerprint density at radius 2 is 2.24 bits per heavy atom. The number of carbonyl (C=O) groups is 2. The maximum atomic E-state index is 10.9. The number of hydrogen-bond acceptors (Lipinski definition) is 7. The molecule has 0 aliphatic carbocycles. The number of ether oxygens (including phenoxy) is 2. The molecule has 2 unspecified atom stereocenters. The molecule has 3 N–H and O–H groups in total. The summed E-state index contributed by atoms with van der Waals surface area (Å²) in [4.78, 5) is 21.7. The minimum atomic E-state index is -1.45. The predicted octanol–water partition coefficient (Wildman–Crippen LogP) is 0.0922. The fraction of sp³-hybridized carbons (Fsp3) is 0.333. The van der Waals surface area contributed by atoms with Crippen molar-refractivity contribution in [2.45, 2.75) is 12.2 Å². The summed E-state index contributed by atoms with van der Waals surface area (Å²) in [5.41, 5.74) is 0. The first kappa shape index (κ1) is 13.8. The number of halogens is 1. The summed E-state index contributed by atoms with van der Waals surface area (Å²) >= 11 is 1.81. The number of aliphatic hydroxyl groups excluding tert-OH is 3. The van der Waals surface area contributed by atoms with E-state index in [0.29, 0.717) is 0 Å². The number of cyclic esters (lactones) is 1. The summed E-state index contributed by atoms with van der Waals surface area (Å²) in [7, 11) is 0. The number of aliphatic hydroxyl groups is 3. The Kier molecular flexibility index (Phi) is 4.75. The van der Waals surface area contributed by atoms with Crippen LogP contribution in [0.2, 0.25) is 0 Å². The number of carbonyl (C=O) groups excluding carboxylic acids is 2. The molecule has 0 radical (unpaired) electrons. The first-order chi connectivity index (χ1) is 7.97. The Hall–Kier alpha value is -1.29. The average Bonchev–Trinajstić information content (AvgIpc) is 2.54. The molecule has 1 aliphatic heterocycles. The van der Waals surface area contributed by atoms with Crippen molar-refractivity contribution in [2.75, 3.05) is 6.61 Å². The Labute approximate surface area is 109 Å². The molecule has 0 saturated heterocycles. The van der Waals surface area contributed by atoms with Crippen LogP contribution < -0.4 is 0 Å². The van der Waals surface area contributed by atoms with Gasteiger partial charge >= 0.3 is 11.9 Å². The van der Waals surface area contributed by atoms with Crippen molar-refractivity contribution < 1.29 is 34.4 Å². The van der Waals surface area contributed by atoms with E-state index in [0.717, 1.165) is 6.08 Å². The molecule has 0 aromatic carbocycles. The summed E-state index contributed by atoms with van der Waals surface area (Å²) in [6.07, 6.45) is -1.74. The predicted molar refractivity (Wildman–Crippen MR) is 62.3 cm³/mol. The van der Waals surface area contributed by atoms with Gasteiger partial charge in [0.1, 0.15) is 12.7 Å². The molecule has 0 aromatic rings. The van der Waals surface area contributed by atoms with Crippen LogP contribution in [0.3, 0.4) is 0 Å². The minimum absolute atomic E-state index is 0.477. The minimum Gasteiger partial charge on any atom is -0.505 e. The van der Waals surface area contributed by atoms with E-state index in [2.05, 4.69) is 9.47 Å². The van der Waals surface area contributed by atoms with Crippen LogP contribution in [-0.2, 0) is 19.1 Å². The summed E-state index contributed by atoms with van der Waals surface area (Å²) in [6.45, 7) is -0.477. The molecule has 0 bridgehead atoms. The molecule has 7 nitrogen and oxygen atoms in total. The van der Waals surface area contributed by atoms with Crippen molar-refractivity contribution in [3.8, 4) is 0 Å². The fourth-order valence-corrected chi connectivity index (χ4v) is 1.38. The van der Waals surface area contributed by atoms with Gasteiger partial charge in [0.25, 0.3) is 0 Å². The molecule has 94 valence electrons. The maximum absolute atomic E-state index is 10.9. The van der Waals surface area contributed by atoms with Gasteiger partial charge in [-0.25, -0.2) is 9.59 Å². The first-order valence-corrected chi connectivity index (χ1v) is 5.66. The highest BCUT2D eigenvalue weighted by atomic mass is 127. The van der Waals surface area contributed by atoms with Crippen molar-refractivity contribution in [1.29, 1.82) is 0 Å². The van der Waals surface area contributed by atoms with Crippen LogP contribution in [0.5, 0.6) is 0 Å². The lowest BCUT2D eigenvalue weighted by atomic mass is 10.2. The highest BCUT2D eigenvalue weighted by molar-refractivity contribution is 14.1. The molecule has 0 saturated carbocycles. The Balaban J connectivity index is 2.53. The van der Waals surface area contributed by atoms with E-state index in [9.17, 15) is 19.8 Å². The molecule has 0 amide bonds. The zero-order chi connectivity index (χ0) is 13.0. The maximum Gasteiger partial charge on any atom is 0.377 e. The third kappa shape index (κ3) is 3.33. The largest absolute Gasteiger partial charge is 0.505 e. The lowest BCUT2D eigenvalue weighted by molar-refractivity contribution is -0.151. The highest BCUT2D eigenvalue weighted by Crippen LogP contribution is 2.21. The summed E-state index contributed by atoms with van der Waals surface area (Å²) in [6, 6.07) is 0. The Bertz CT molecular complexity index is 387. The second-order valence-electron chi connectivity index (χ2n) is 3.05. The van der Waals surface area contributed by atoms with E-state index >= 15 is 0 Å². The van der Waals surface area contributed by atoms with E-state index in [1.54, 1.807) is 0 Å². The van der Waals surface area contributed by atoms with E-state index in [1.165, 1.54) is 4.08 Å². The van der Waals surface area contributed by atoms with Gasteiger partial charge in [-0.1, -0.05) is 22.6 Å². The topological polar surface area (TPSA) is 113 Å². The van der Waals surface area contributed by atoms with Gasteiger partial charge in [-0.15, -0.1) is 0 Å². The van der Waals surface area contributed by atoms with Gasteiger partial charge in [-0.05, 0) is 4.08 Å². The van der Waals surface area contributed by atoms with E-state index < -0.39 is 42.3 Å². The van der Waals surface area contributed by atoms with Gasteiger partial charge in [0.2, 0.25) is 5.76 Å². The smallest absolute Gasteiger partial charge is 0.377 e. The summed E-state index contributed by atoms with van der Waals surface area (Å²) < 4.78 is 10.5. The second-order valence-corrected chi connectivity index (χ2v) is 3.77. The van der Waals surface area contributed by atoms with Crippen molar-refractivity contribution in [3.05, 3.63) is 21.7 Å². The molecule has 2 atom stereocenters. The number of hydrogen-bond donors (Lipinski definition) is 3. The quantitative estimate of drug-likeness (QED) is 0.372. The van der Waals surface area contributed by atoms with Gasteiger partial charge < -0.3 is 24.8 Å². The normalized spacial score (nSPS) is 21.8. The number of esters is 2. The molecule has 0 aromatic heterocycles. The molecular weight excluding hydrogens is 347 g/mol. The lowest BCUT2D eigenvalue weighted by Crippen LogP contribution is -2.33.